The molecule has 1 aromatic carbocycles. The Morgan fingerprint density at radius 2 is 1.58 bits per heavy atom. The van der Waals surface area contributed by atoms with Crippen molar-refractivity contribution < 1.29 is 0 Å². The molecule has 1 saturated heterocycles. The number of rotatable bonds is 13. The summed E-state index contributed by atoms with van der Waals surface area (Å²) in [6, 6.07) is 9.43. The number of nitrogens with one attached hydrogen (secondary N) is 2. The van der Waals surface area contributed by atoms with E-state index < -0.39 is 0 Å². The SMILES string of the molecule is CCNC(=NCc1ccc(CN2CCN(CC)CC2)cc1)NC(C)CCCN(CC)CC.I. The molecule has 2 rings (SSSR count). The molecule has 1 atom stereocenters. The molecule has 1 unspecified atom stereocenters. The van der Waals surface area contributed by atoms with E-state index in [0.29, 0.717) is 12.6 Å². The van der Waals surface area contributed by atoms with Crippen molar-refractivity contribution in [2.45, 2.75) is 66.6 Å². The summed E-state index contributed by atoms with van der Waals surface area (Å²) in [4.78, 5) is 12.4. The maximum absolute atomic E-state index is 4.83. The summed E-state index contributed by atoms with van der Waals surface area (Å²) in [5.74, 6) is 0.917. The van der Waals surface area contributed by atoms with Crippen molar-refractivity contribution in [2.75, 3.05) is 58.9 Å². The molecule has 1 aromatic rings. The zero-order chi connectivity index (χ0) is 23.2. The van der Waals surface area contributed by atoms with Gasteiger partial charge in [-0.3, -0.25) is 4.90 Å². The number of aliphatic imine (C=N–C) groups is 1. The standard InChI is InChI=1S/C26H48N6.HI/c1-6-27-26(29-23(5)11-10-16-30(7-2)8-3)28-21-24-12-14-25(15-13-24)22-32-19-17-31(9-4)18-20-32;/h12-15,23H,6-11,16-22H2,1-5H3,(H2,27,28,29);1H. The number of piperazine rings is 1. The highest BCUT2D eigenvalue weighted by molar-refractivity contribution is 14.0. The second-order valence-electron chi connectivity index (χ2n) is 8.94. The summed E-state index contributed by atoms with van der Waals surface area (Å²) < 4.78 is 0. The molecule has 33 heavy (non-hydrogen) atoms. The van der Waals surface area contributed by atoms with Crippen LogP contribution in [0.1, 0.15) is 58.6 Å². The Hall–Kier alpha value is -0.900. The van der Waals surface area contributed by atoms with Crippen LogP contribution in [0.3, 0.4) is 0 Å². The lowest BCUT2D eigenvalue weighted by molar-refractivity contribution is 0.132. The minimum Gasteiger partial charge on any atom is -0.357 e. The fourth-order valence-corrected chi connectivity index (χ4v) is 4.23. The molecule has 0 aliphatic carbocycles. The van der Waals surface area contributed by atoms with Crippen molar-refractivity contribution in [3.63, 3.8) is 0 Å². The van der Waals surface area contributed by atoms with Gasteiger partial charge in [-0.15, -0.1) is 24.0 Å². The van der Waals surface area contributed by atoms with Gasteiger partial charge >= 0.3 is 0 Å². The molecule has 0 aromatic heterocycles. The normalized spacial score (nSPS) is 16.5. The number of likely N-dealkylation sites (N-methyl/N-ethyl adjacent to an activating group) is 1. The van der Waals surface area contributed by atoms with E-state index in [4.69, 9.17) is 4.99 Å². The molecule has 0 bridgehead atoms. The van der Waals surface area contributed by atoms with E-state index in [0.717, 1.165) is 38.6 Å². The van der Waals surface area contributed by atoms with E-state index in [1.807, 2.05) is 0 Å². The third-order valence-corrected chi connectivity index (χ3v) is 6.49. The van der Waals surface area contributed by atoms with Crippen LogP contribution in [0.5, 0.6) is 0 Å². The third kappa shape index (κ3) is 11.9. The first-order valence-corrected chi connectivity index (χ1v) is 12.9. The van der Waals surface area contributed by atoms with Gasteiger partial charge in [-0.05, 0) is 64.0 Å². The number of halogens is 1. The minimum absolute atomic E-state index is 0. The van der Waals surface area contributed by atoms with E-state index in [1.54, 1.807) is 0 Å². The molecular formula is C26H49IN6. The molecule has 7 heteroatoms. The molecule has 0 spiro atoms. The molecule has 1 heterocycles. The zero-order valence-electron chi connectivity index (χ0n) is 21.8. The van der Waals surface area contributed by atoms with Gasteiger partial charge in [-0.2, -0.15) is 0 Å². The highest BCUT2D eigenvalue weighted by Gasteiger charge is 2.15. The third-order valence-electron chi connectivity index (χ3n) is 6.49. The van der Waals surface area contributed by atoms with Gasteiger partial charge in [0, 0.05) is 45.3 Å². The van der Waals surface area contributed by atoms with Crippen molar-refractivity contribution in [3.05, 3.63) is 35.4 Å². The molecular weight excluding hydrogens is 523 g/mol. The Morgan fingerprint density at radius 3 is 2.15 bits per heavy atom. The number of hydrogen-bond donors (Lipinski definition) is 2. The monoisotopic (exact) mass is 572 g/mol. The van der Waals surface area contributed by atoms with Gasteiger partial charge in [0.1, 0.15) is 0 Å². The molecule has 1 aliphatic heterocycles. The Bertz CT molecular complexity index is 639. The maximum atomic E-state index is 4.83. The smallest absolute Gasteiger partial charge is 0.191 e. The fourth-order valence-electron chi connectivity index (χ4n) is 4.23. The minimum atomic E-state index is 0. The van der Waals surface area contributed by atoms with Crippen LogP contribution < -0.4 is 10.6 Å². The quantitative estimate of drug-likeness (QED) is 0.213. The topological polar surface area (TPSA) is 46.1 Å². The number of benzene rings is 1. The molecule has 0 saturated carbocycles. The van der Waals surface area contributed by atoms with E-state index in [1.165, 1.54) is 56.8 Å². The highest BCUT2D eigenvalue weighted by Crippen LogP contribution is 2.11. The Balaban J connectivity index is 0.00000544. The second-order valence-corrected chi connectivity index (χ2v) is 8.94. The van der Waals surface area contributed by atoms with Gasteiger partial charge in [0.05, 0.1) is 6.54 Å². The highest BCUT2D eigenvalue weighted by atomic mass is 127. The first kappa shape index (κ1) is 30.1. The number of guanidine groups is 1. The van der Waals surface area contributed by atoms with E-state index in [-0.39, 0.29) is 24.0 Å². The predicted octanol–water partition coefficient (Wildman–Crippen LogP) is 4.01. The summed E-state index contributed by atoms with van der Waals surface area (Å²) >= 11 is 0. The predicted molar refractivity (Wildman–Crippen MR) is 154 cm³/mol. The maximum Gasteiger partial charge on any atom is 0.191 e. The van der Waals surface area contributed by atoms with Crippen LogP contribution in [0.25, 0.3) is 0 Å². The van der Waals surface area contributed by atoms with Crippen LogP contribution in [-0.2, 0) is 13.1 Å². The summed E-state index contributed by atoms with van der Waals surface area (Å²) in [6.45, 7) is 23.1. The molecule has 1 aliphatic rings. The van der Waals surface area contributed by atoms with Gasteiger partial charge < -0.3 is 20.4 Å². The van der Waals surface area contributed by atoms with Crippen LogP contribution in [0, 0.1) is 0 Å². The van der Waals surface area contributed by atoms with E-state index in [9.17, 15) is 0 Å². The molecule has 1 fully saturated rings. The average Bonchev–Trinajstić information content (AvgIpc) is 2.82. The summed E-state index contributed by atoms with van der Waals surface area (Å²) in [6.07, 6.45) is 2.37. The lowest BCUT2D eigenvalue weighted by Gasteiger charge is -2.34. The molecule has 0 radical (unpaired) electrons. The van der Waals surface area contributed by atoms with Crippen LogP contribution >= 0.6 is 24.0 Å². The summed E-state index contributed by atoms with van der Waals surface area (Å²) in [5.41, 5.74) is 2.66. The summed E-state index contributed by atoms with van der Waals surface area (Å²) in [7, 11) is 0. The van der Waals surface area contributed by atoms with Gasteiger partial charge in [-0.25, -0.2) is 4.99 Å². The molecule has 0 amide bonds. The zero-order valence-corrected chi connectivity index (χ0v) is 24.1. The lowest BCUT2D eigenvalue weighted by Crippen LogP contribution is -2.45. The van der Waals surface area contributed by atoms with Crippen molar-refractivity contribution in [2.24, 2.45) is 4.99 Å². The van der Waals surface area contributed by atoms with Gasteiger partial charge in [0.15, 0.2) is 5.96 Å². The second kappa shape index (κ2) is 17.5. The van der Waals surface area contributed by atoms with Crippen LogP contribution in [-0.4, -0.2) is 85.6 Å². The Morgan fingerprint density at radius 1 is 0.970 bits per heavy atom. The van der Waals surface area contributed by atoms with Crippen molar-refractivity contribution >= 4 is 29.9 Å². The van der Waals surface area contributed by atoms with Gasteiger partial charge in [-0.1, -0.05) is 45.0 Å². The van der Waals surface area contributed by atoms with Crippen LogP contribution in [0.15, 0.2) is 29.3 Å². The van der Waals surface area contributed by atoms with Gasteiger partial charge in [0.2, 0.25) is 0 Å². The molecule has 190 valence electrons. The molecule has 6 nitrogen and oxygen atoms in total. The van der Waals surface area contributed by atoms with E-state index in [2.05, 4.69) is 84.2 Å². The number of hydrogen-bond acceptors (Lipinski definition) is 4. The summed E-state index contributed by atoms with van der Waals surface area (Å²) in [5, 5.41) is 6.98. The fraction of sp³-hybridized carbons (Fsp3) is 0.731. The van der Waals surface area contributed by atoms with Crippen LogP contribution in [0.2, 0.25) is 0 Å². The Kier molecular flexibility index (Phi) is 16.0. The van der Waals surface area contributed by atoms with E-state index >= 15 is 0 Å². The van der Waals surface area contributed by atoms with Crippen molar-refractivity contribution in [1.29, 1.82) is 0 Å². The first-order chi connectivity index (χ1) is 15.6. The van der Waals surface area contributed by atoms with Crippen molar-refractivity contribution in [3.8, 4) is 0 Å². The van der Waals surface area contributed by atoms with Crippen LogP contribution in [0.4, 0.5) is 0 Å². The average molecular weight is 573 g/mol. The Labute approximate surface area is 220 Å². The van der Waals surface area contributed by atoms with Gasteiger partial charge in [0.25, 0.3) is 0 Å². The molecule has 2 N–H and O–H groups in total. The lowest BCUT2D eigenvalue weighted by atomic mass is 10.1. The first-order valence-electron chi connectivity index (χ1n) is 12.9. The largest absolute Gasteiger partial charge is 0.357 e. The number of nitrogens with zero attached hydrogens (tertiary/aromatic N) is 4. The van der Waals surface area contributed by atoms with Crippen molar-refractivity contribution in [1.82, 2.24) is 25.3 Å².